The first kappa shape index (κ1) is 24.7. The van der Waals surface area contributed by atoms with Crippen LogP contribution in [0.5, 0.6) is 0 Å². The van der Waals surface area contributed by atoms with Crippen LogP contribution in [0.4, 0.5) is 25.2 Å². The molecule has 3 saturated heterocycles. The normalized spacial score (nSPS) is 23.3. The molecule has 4 heterocycles. The molecular formula is C15H25F6N9OP2. The van der Waals surface area contributed by atoms with Crippen molar-refractivity contribution in [1.29, 1.82) is 0 Å². The minimum absolute atomic E-state index is 0.837. The van der Waals surface area contributed by atoms with Crippen LogP contribution in [-0.2, 0) is 0 Å². The van der Waals surface area contributed by atoms with E-state index in [0.29, 0.717) is 0 Å². The second-order valence-corrected chi connectivity index (χ2v) is 12.2. The van der Waals surface area contributed by atoms with Crippen molar-refractivity contribution in [3.8, 4) is 0 Å². The molecule has 3 aliphatic heterocycles. The summed E-state index contributed by atoms with van der Waals surface area (Å²) in [5, 5.41) is 8.57. The smallest absolute Gasteiger partial charge is 0.217 e. The second-order valence-electron chi connectivity index (χ2n) is 7.66. The summed E-state index contributed by atoms with van der Waals surface area (Å²) in [7, 11) is -13.1. The molecule has 2 aromatic rings. The maximum Gasteiger partial charge on any atom is 0.493 e. The van der Waals surface area contributed by atoms with E-state index in [0.717, 1.165) is 69.6 Å². The molecule has 10 nitrogen and oxygen atoms in total. The van der Waals surface area contributed by atoms with E-state index in [-0.39, 0.29) is 0 Å². The van der Waals surface area contributed by atoms with Gasteiger partial charge in [-0.15, -0.1) is 5.10 Å². The number of halogens is 6. The van der Waals surface area contributed by atoms with Crippen LogP contribution < -0.4 is 20.9 Å². The molecule has 1 aromatic carbocycles. The van der Waals surface area contributed by atoms with Gasteiger partial charge in [-0.3, -0.25) is 0 Å². The van der Waals surface area contributed by atoms with Crippen LogP contribution in [0.25, 0.3) is 11.0 Å². The number of hydrogen-bond acceptors (Lipinski definition) is 9. The third kappa shape index (κ3) is 6.40. The number of para-hydroxylation sites is 1. The third-order valence-electron chi connectivity index (χ3n) is 4.97. The van der Waals surface area contributed by atoms with Gasteiger partial charge in [-0.25, -0.2) is 16.3 Å². The average Bonchev–Trinajstić information content (AvgIpc) is 3.53. The van der Waals surface area contributed by atoms with Crippen LogP contribution in [0.3, 0.4) is 0 Å². The van der Waals surface area contributed by atoms with E-state index in [1.165, 1.54) is 0 Å². The van der Waals surface area contributed by atoms with Gasteiger partial charge < -0.3 is 0 Å². The molecule has 3 aliphatic rings. The van der Waals surface area contributed by atoms with Crippen LogP contribution in [0.2, 0.25) is 0 Å². The van der Waals surface area contributed by atoms with Gasteiger partial charge in [0.05, 0.1) is 19.6 Å². The van der Waals surface area contributed by atoms with E-state index >= 15 is 0 Å². The van der Waals surface area contributed by atoms with Gasteiger partial charge >= 0.3 is 40.9 Å². The van der Waals surface area contributed by atoms with Gasteiger partial charge in [0.15, 0.2) is 0 Å². The zero-order valence-electron chi connectivity index (χ0n) is 17.4. The Hall–Kier alpha value is -1.38. The van der Waals surface area contributed by atoms with Gasteiger partial charge in [-0.1, -0.05) is 12.1 Å². The number of benzene rings is 1. The Morgan fingerprint density at radius 1 is 0.788 bits per heavy atom. The summed E-state index contributed by atoms with van der Waals surface area (Å²) in [5.41, 5.74) is 12.4. The van der Waals surface area contributed by atoms with Crippen molar-refractivity contribution in [1.82, 2.24) is 45.8 Å². The molecule has 0 amide bonds. The Labute approximate surface area is 185 Å². The summed E-state index contributed by atoms with van der Waals surface area (Å²) in [6.45, 7) is 5.71. The minimum Gasteiger partial charge on any atom is -0.217 e. The molecule has 0 unspecified atom stereocenters. The first-order valence-electron chi connectivity index (χ1n) is 10.3. The van der Waals surface area contributed by atoms with E-state index in [1.54, 1.807) is 4.85 Å². The number of aromatic nitrogens is 3. The Morgan fingerprint density at radius 2 is 1.24 bits per heavy atom. The maximum absolute atomic E-state index is 10.7. The Bertz CT molecular complexity index is 908. The van der Waals surface area contributed by atoms with Gasteiger partial charge in [0.25, 0.3) is 0 Å². The summed E-state index contributed by atoms with van der Waals surface area (Å²) in [4.78, 5) is 1.60. The van der Waals surface area contributed by atoms with Crippen molar-refractivity contribution in [2.75, 3.05) is 39.3 Å². The van der Waals surface area contributed by atoms with E-state index < -0.39 is 15.8 Å². The number of nitrogens with one attached hydrogen (secondary N) is 3. The van der Waals surface area contributed by atoms with Crippen molar-refractivity contribution >= 4 is 26.8 Å². The van der Waals surface area contributed by atoms with Gasteiger partial charge in [0.2, 0.25) is 0 Å². The van der Waals surface area contributed by atoms with E-state index in [2.05, 4.69) is 40.9 Å². The standard InChI is InChI=1S/C15H25N9OP.F6P/c1-2-7-15-14(6-1)19-20-24(15)25-26(21-11-3-8-16-21,22-12-4-9-17-22)23-13-5-10-18-23;1-7(2,3,4,5)6/h1-2,6-7,16-18H,3-5,8-13H2;/q+1;-1. The molecular weight excluding hydrogens is 498 g/mol. The SMILES string of the molecule is F[P-](F)(F)(F)(F)F.c1ccc2c(c1)nnn2O[P+](N1CCCN1)(N1CCCN1)N1CCCN1. The molecule has 188 valence electrons. The molecule has 18 heteroatoms. The van der Waals surface area contributed by atoms with Crippen LogP contribution >= 0.6 is 15.8 Å². The summed E-state index contributed by atoms with van der Waals surface area (Å²) in [6.07, 6.45) is 3.31. The fraction of sp³-hybridized carbons (Fsp3) is 0.600. The van der Waals surface area contributed by atoms with Crippen molar-refractivity contribution in [3.05, 3.63) is 24.3 Å². The predicted octanol–water partition coefficient (Wildman–Crippen LogP) is 3.55. The zero-order chi connectivity index (χ0) is 23.8. The quantitative estimate of drug-likeness (QED) is 0.403. The summed E-state index contributed by atoms with van der Waals surface area (Å²) in [5.74, 6) is 0. The third-order valence-corrected chi connectivity index (χ3v) is 8.26. The largest absolute Gasteiger partial charge is 0.493 e. The Morgan fingerprint density at radius 3 is 1.67 bits per heavy atom. The van der Waals surface area contributed by atoms with Crippen LogP contribution in [-0.4, -0.2) is 68.8 Å². The molecule has 0 radical (unpaired) electrons. The fourth-order valence-electron chi connectivity index (χ4n) is 3.75. The Balaban J connectivity index is 0.000000325. The van der Waals surface area contributed by atoms with Gasteiger partial charge in [-0.2, -0.15) is 4.62 Å². The van der Waals surface area contributed by atoms with Gasteiger partial charge in [0.1, 0.15) is 11.0 Å². The molecule has 0 atom stereocenters. The first-order valence-corrected chi connectivity index (χ1v) is 13.9. The summed E-state index contributed by atoms with van der Waals surface area (Å²) in [6, 6.07) is 7.91. The molecule has 0 spiro atoms. The van der Waals surface area contributed by atoms with Crippen LogP contribution in [0.15, 0.2) is 24.3 Å². The number of nitrogens with zero attached hydrogens (tertiary/aromatic N) is 6. The van der Waals surface area contributed by atoms with Crippen molar-refractivity contribution < 1.29 is 29.8 Å². The minimum atomic E-state index is -10.7. The molecule has 0 bridgehead atoms. The number of rotatable bonds is 5. The maximum atomic E-state index is 9.87. The van der Waals surface area contributed by atoms with Gasteiger partial charge in [-0.05, 0) is 55.8 Å². The first-order chi connectivity index (χ1) is 15.3. The fourth-order valence-corrected chi connectivity index (χ4v) is 7.18. The number of hydrazine groups is 3. The monoisotopic (exact) mass is 523 g/mol. The molecule has 1 aromatic heterocycles. The van der Waals surface area contributed by atoms with Crippen molar-refractivity contribution in [2.24, 2.45) is 0 Å². The molecule has 0 aliphatic carbocycles. The Kier molecular flexibility index (Phi) is 6.28. The molecule has 5 rings (SSSR count). The van der Waals surface area contributed by atoms with Crippen molar-refractivity contribution in [2.45, 2.75) is 19.3 Å². The topological polar surface area (TPSA) is 85.8 Å². The molecule has 3 fully saturated rings. The molecule has 3 N–H and O–H groups in total. The van der Waals surface area contributed by atoms with E-state index in [9.17, 15) is 25.2 Å². The number of hydrogen-bond donors (Lipinski definition) is 3. The second kappa shape index (κ2) is 8.38. The van der Waals surface area contributed by atoms with Crippen molar-refractivity contribution in [3.63, 3.8) is 0 Å². The molecule has 33 heavy (non-hydrogen) atoms. The zero-order valence-corrected chi connectivity index (χ0v) is 19.2. The van der Waals surface area contributed by atoms with Crippen LogP contribution in [0.1, 0.15) is 19.3 Å². The summed E-state index contributed by atoms with van der Waals surface area (Å²) >= 11 is 0. The average molecular weight is 523 g/mol. The van der Waals surface area contributed by atoms with E-state index in [4.69, 9.17) is 4.62 Å². The number of fused-ring (bicyclic) bond motifs is 1. The van der Waals surface area contributed by atoms with Gasteiger partial charge in [0, 0.05) is 19.6 Å². The van der Waals surface area contributed by atoms with E-state index in [1.807, 2.05) is 24.3 Å². The van der Waals surface area contributed by atoms with Crippen LogP contribution in [0, 0.1) is 0 Å². The summed E-state index contributed by atoms with van der Waals surface area (Å²) < 4.78 is 72.8. The predicted molar refractivity (Wildman–Crippen MR) is 113 cm³/mol. The molecule has 0 saturated carbocycles.